The van der Waals surface area contributed by atoms with E-state index in [1.54, 1.807) is 12.8 Å². The third-order valence-corrected chi connectivity index (χ3v) is 3.99. The van der Waals surface area contributed by atoms with E-state index in [0.29, 0.717) is 0 Å². The molecule has 0 bridgehead atoms. The van der Waals surface area contributed by atoms with Crippen LogP contribution in [-0.2, 0) is 0 Å². The van der Waals surface area contributed by atoms with E-state index in [1.165, 1.54) is 42.1 Å². The van der Waals surface area contributed by atoms with E-state index in [-0.39, 0.29) is 0 Å². The van der Waals surface area contributed by atoms with Crippen molar-refractivity contribution in [3.05, 3.63) is 0 Å². The summed E-state index contributed by atoms with van der Waals surface area (Å²) >= 11 is 1.28. The second kappa shape index (κ2) is 2.29. The van der Waals surface area contributed by atoms with Gasteiger partial charge in [0.25, 0.3) is 0 Å². The van der Waals surface area contributed by atoms with Crippen molar-refractivity contribution in [1.29, 1.82) is 0 Å². The summed E-state index contributed by atoms with van der Waals surface area (Å²) in [4.78, 5) is 0. The van der Waals surface area contributed by atoms with Crippen LogP contribution in [0.4, 0.5) is 0 Å². The van der Waals surface area contributed by atoms with Crippen molar-refractivity contribution in [2.75, 3.05) is 0 Å². The van der Waals surface area contributed by atoms with Gasteiger partial charge in [0, 0.05) is 0 Å². The zero-order valence-corrected chi connectivity index (χ0v) is 8.47. The second-order valence-electron chi connectivity index (χ2n) is 2.04. The molecular formula is C5H9Tl. The Hall–Kier alpha value is 0.922. The van der Waals surface area contributed by atoms with Crippen LogP contribution in [0, 0.1) is 0 Å². The fourth-order valence-corrected chi connectivity index (χ4v) is 2.79. The van der Waals surface area contributed by atoms with Crippen LogP contribution < -0.4 is 0 Å². The van der Waals surface area contributed by atoms with Crippen molar-refractivity contribution in [3.8, 4) is 0 Å². The van der Waals surface area contributed by atoms with E-state index < -0.39 is 0 Å². The number of hydrogen-bond acceptors (Lipinski definition) is 0. The van der Waals surface area contributed by atoms with Crippen LogP contribution in [0.3, 0.4) is 0 Å². The van der Waals surface area contributed by atoms with Crippen LogP contribution in [0.25, 0.3) is 0 Å². The van der Waals surface area contributed by atoms with Gasteiger partial charge in [-0.25, -0.2) is 0 Å². The zero-order chi connectivity index (χ0) is 4.41. The van der Waals surface area contributed by atoms with Crippen molar-refractivity contribution < 1.29 is 0 Å². The van der Waals surface area contributed by atoms with Crippen molar-refractivity contribution >= 4 is 25.8 Å². The minimum absolute atomic E-state index is 1.21. The second-order valence-corrected chi connectivity index (χ2v) is 5.71. The molecule has 1 fully saturated rings. The molecule has 32 valence electrons. The van der Waals surface area contributed by atoms with Gasteiger partial charge in [-0.15, -0.1) is 0 Å². The third kappa shape index (κ3) is 1.21. The summed E-state index contributed by atoms with van der Waals surface area (Å²) in [5.41, 5.74) is 0. The molecule has 0 radical (unpaired) electrons. The van der Waals surface area contributed by atoms with Gasteiger partial charge in [0.15, 0.2) is 0 Å². The molecule has 0 spiro atoms. The molecule has 0 unspecified atom stereocenters. The average molecular weight is 274 g/mol. The topological polar surface area (TPSA) is 0 Å². The fourth-order valence-electron chi connectivity index (χ4n) is 0.957. The quantitative estimate of drug-likeness (QED) is 0.587. The predicted octanol–water partition coefficient (Wildman–Crippen LogP) is 1.52. The maximum atomic E-state index is 1.56. The van der Waals surface area contributed by atoms with Crippen LogP contribution in [0.2, 0.25) is 3.48 Å². The van der Waals surface area contributed by atoms with E-state index in [0.717, 1.165) is 0 Å². The molecule has 0 aliphatic heterocycles. The van der Waals surface area contributed by atoms with Crippen molar-refractivity contribution in [2.24, 2.45) is 0 Å². The van der Waals surface area contributed by atoms with Gasteiger partial charge in [-0.3, -0.25) is 0 Å². The number of rotatable bonds is 0. The zero-order valence-electron chi connectivity index (χ0n) is 3.98. The molecule has 0 atom stereocenters. The molecule has 6 heavy (non-hydrogen) atoms. The average Bonchev–Trinajstić information content (AvgIpc) is 1.86. The van der Waals surface area contributed by atoms with Gasteiger partial charge in [-0.05, 0) is 0 Å². The van der Waals surface area contributed by atoms with Crippen molar-refractivity contribution in [3.63, 3.8) is 0 Å². The Labute approximate surface area is 55.0 Å². The number of hydrogen-bond donors (Lipinski definition) is 0. The van der Waals surface area contributed by atoms with E-state index >= 15 is 0 Å². The Kier molecular flexibility index (Phi) is 1.93. The Morgan fingerprint density at radius 3 is 1.83 bits per heavy atom. The summed E-state index contributed by atoms with van der Waals surface area (Å²) in [5, 5.41) is 0. The predicted molar refractivity (Wildman–Crippen MR) is 28.0 cm³/mol. The van der Waals surface area contributed by atoms with E-state index in [1.807, 2.05) is 0 Å². The first-order chi connectivity index (χ1) is 2.89. The molecular weight excluding hydrogens is 264 g/mol. The Balaban J connectivity index is 2.18. The first-order valence-corrected chi connectivity index (χ1v) is 5.24. The molecule has 0 aromatic rings. The standard InChI is InChI=1S/C5H9.Tl/c1-2-4-5-3-1;/h1H,2-5H2;. The van der Waals surface area contributed by atoms with Gasteiger partial charge < -0.3 is 0 Å². The van der Waals surface area contributed by atoms with Crippen molar-refractivity contribution in [1.82, 2.24) is 0 Å². The molecule has 0 N–H and O–H groups in total. The molecule has 1 saturated carbocycles. The molecule has 1 aliphatic carbocycles. The fraction of sp³-hybridized carbons (Fsp3) is 1.00. The molecule has 0 aromatic carbocycles. The van der Waals surface area contributed by atoms with E-state index in [4.69, 9.17) is 0 Å². The van der Waals surface area contributed by atoms with Crippen LogP contribution in [0.15, 0.2) is 0 Å². The van der Waals surface area contributed by atoms with E-state index in [2.05, 4.69) is 0 Å². The molecule has 1 heteroatoms. The first kappa shape index (κ1) is 5.07. The molecule has 0 saturated heterocycles. The molecule has 0 nitrogen and oxygen atoms in total. The van der Waals surface area contributed by atoms with E-state index in [9.17, 15) is 0 Å². The van der Waals surface area contributed by atoms with Crippen molar-refractivity contribution in [2.45, 2.75) is 29.2 Å². The summed E-state index contributed by atoms with van der Waals surface area (Å²) in [6, 6.07) is 0. The first-order valence-electron chi connectivity index (χ1n) is 2.65. The minimum atomic E-state index is 1.21. The summed E-state index contributed by atoms with van der Waals surface area (Å²) in [6.45, 7) is 0. The monoisotopic (exact) mass is 274 g/mol. The summed E-state index contributed by atoms with van der Waals surface area (Å²) in [5.74, 6) is 0. The van der Waals surface area contributed by atoms with Gasteiger partial charge in [0.2, 0.25) is 0 Å². The van der Waals surface area contributed by atoms with Gasteiger partial charge in [-0.1, -0.05) is 0 Å². The van der Waals surface area contributed by atoms with Crippen LogP contribution >= 0.6 is 0 Å². The van der Waals surface area contributed by atoms with Gasteiger partial charge in [-0.2, -0.15) is 0 Å². The van der Waals surface area contributed by atoms with Crippen LogP contribution in [0.1, 0.15) is 25.7 Å². The molecule has 1 rings (SSSR count). The van der Waals surface area contributed by atoms with Gasteiger partial charge in [0.1, 0.15) is 0 Å². The normalized spacial score (nSPS) is 25.2. The Bertz CT molecular complexity index is 37.2. The van der Waals surface area contributed by atoms with Gasteiger partial charge in [0.05, 0.1) is 0 Å². The maximum absolute atomic E-state index is 1.56. The van der Waals surface area contributed by atoms with Crippen LogP contribution in [0.5, 0.6) is 0 Å². The molecule has 0 amide bonds. The Morgan fingerprint density at radius 2 is 1.67 bits per heavy atom. The SMILES string of the molecule is [Tl][CH]1CCCC1. The summed E-state index contributed by atoms with van der Waals surface area (Å²) < 4.78 is 1.21. The summed E-state index contributed by atoms with van der Waals surface area (Å²) in [7, 11) is 0. The molecule has 0 aromatic heterocycles. The Morgan fingerprint density at radius 1 is 1.17 bits per heavy atom. The van der Waals surface area contributed by atoms with Crippen LogP contribution in [-0.4, -0.2) is 25.8 Å². The molecule has 1 aliphatic rings. The third-order valence-electron chi connectivity index (χ3n) is 1.40. The van der Waals surface area contributed by atoms with Gasteiger partial charge >= 0.3 is 54.9 Å². The summed E-state index contributed by atoms with van der Waals surface area (Å²) in [6.07, 6.45) is 6.18. The molecule has 0 heterocycles.